The van der Waals surface area contributed by atoms with Crippen molar-refractivity contribution in [3.05, 3.63) is 23.8 Å². The minimum Gasteiger partial charge on any atom is -0.478 e. The van der Waals surface area contributed by atoms with E-state index in [2.05, 4.69) is 10.6 Å². The van der Waals surface area contributed by atoms with Gasteiger partial charge in [-0.05, 0) is 18.2 Å². The van der Waals surface area contributed by atoms with Crippen LogP contribution in [0.15, 0.2) is 18.2 Å². The molecule has 0 saturated carbocycles. The van der Waals surface area contributed by atoms with Gasteiger partial charge in [-0.15, -0.1) is 0 Å². The number of carboxylic acid groups (broad SMARTS) is 1. The Hall–Kier alpha value is -2.57. The molecule has 19 heavy (non-hydrogen) atoms. The van der Waals surface area contributed by atoms with Gasteiger partial charge < -0.3 is 15.7 Å². The first-order valence-corrected chi connectivity index (χ1v) is 5.69. The predicted molar refractivity (Wildman–Crippen MR) is 68.4 cm³/mol. The first-order valence-electron chi connectivity index (χ1n) is 5.69. The van der Waals surface area contributed by atoms with Crippen molar-refractivity contribution in [2.24, 2.45) is 0 Å². The second-order valence-electron chi connectivity index (χ2n) is 4.10. The maximum absolute atomic E-state index is 11.6. The zero-order valence-electron chi connectivity index (χ0n) is 10.3. The number of aromatic carboxylic acids is 1. The van der Waals surface area contributed by atoms with Crippen LogP contribution in [-0.2, 0) is 4.79 Å². The average Bonchev–Trinajstić information content (AvgIpc) is 2.74. The monoisotopic (exact) mass is 263 g/mol. The minimum absolute atomic E-state index is 0.0247. The van der Waals surface area contributed by atoms with Crippen LogP contribution in [0.3, 0.4) is 0 Å². The van der Waals surface area contributed by atoms with Gasteiger partial charge in [-0.25, -0.2) is 9.59 Å². The van der Waals surface area contributed by atoms with E-state index < -0.39 is 5.97 Å². The number of nitrogens with zero attached hydrogens (tertiary/aromatic N) is 1. The van der Waals surface area contributed by atoms with E-state index in [-0.39, 0.29) is 17.5 Å². The smallest absolute Gasteiger partial charge is 0.337 e. The van der Waals surface area contributed by atoms with Crippen molar-refractivity contribution in [3.63, 3.8) is 0 Å². The van der Waals surface area contributed by atoms with E-state index in [0.717, 1.165) is 0 Å². The Labute approximate surface area is 109 Å². The van der Waals surface area contributed by atoms with Crippen molar-refractivity contribution in [1.29, 1.82) is 0 Å². The molecule has 1 heterocycles. The van der Waals surface area contributed by atoms with Crippen LogP contribution in [-0.4, -0.2) is 36.1 Å². The molecule has 0 atom stereocenters. The molecular formula is C12H13N3O4. The summed E-state index contributed by atoms with van der Waals surface area (Å²) in [5, 5.41) is 14.3. The molecule has 1 aliphatic heterocycles. The van der Waals surface area contributed by atoms with Gasteiger partial charge in [0.2, 0.25) is 5.91 Å². The van der Waals surface area contributed by atoms with Gasteiger partial charge in [0, 0.05) is 25.7 Å². The van der Waals surface area contributed by atoms with Crippen LogP contribution in [0.25, 0.3) is 0 Å². The standard InChI is InChI=1S/C12H13N3O4/c1-7(16)14-8-2-3-10(9(6-8)11(17)18)15-5-4-13-12(15)19/h2-3,6H,4-5H2,1H3,(H,13,19)(H,14,16)(H,17,18). The van der Waals surface area contributed by atoms with E-state index >= 15 is 0 Å². The Kier molecular flexibility index (Phi) is 3.37. The highest BCUT2D eigenvalue weighted by Gasteiger charge is 2.25. The molecule has 0 aliphatic carbocycles. The van der Waals surface area contributed by atoms with Crippen LogP contribution in [0.2, 0.25) is 0 Å². The van der Waals surface area contributed by atoms with Crippen LogP contribution < -0.4 is 15.5 Å². The molecule has 0 unspecified atom stereocenters. The lowest BCUT2D eigenvalue weighted by molar-refractivity contribution is -0.114. The summed E-state index contributed by atoms with van der Waals surface area (Å²) in [6, 6.07) is 4.09. The Morgan fingerprint density at radius 2 is 2.16 bits per heavy atom. The van der Waals surface area contributed by atoms with Gasteiger partial charge in [0.15, 0.2) is 0 Å². The van der Waals surface area contributed by atoms with Gasteiger partial charge in [-0.1, -0.05) is 0 Å². The molecule has 0 spiro atoms. The lowest BCUT2D eigenvalue weighted by Crippen LogP contribution is -2.29. The summed E-state index contributed by atoms with van der Waals surface area (Å²) in [7, 11) is 0. The van der Waals surface area contributed by atoms with Crippen molar-refractivity contribution in [2.75, 3.05) is 23.3 Å². The van der Waals surface area contributed by atoms with E-state index in [1.165, 1.54) is 24.0 Å². The number of benzene rings is 1. The molecule has 1 aromatic carbocycles. The van der Waals surface area contributed by atoms with Crippen LogP contribution in [0.4, 0.5) is 16.2 Å². The summed E-state index contributed by atoms with van der Waals surface area (Å²) < 4.78 is 0. The molecule has 0 radical (unpaired) electrons. The molecule has 7 nitrogen and oxygen atoms in total. The lowest BCUT2D eigenvalue weighted by Gasteiger charge is -2.17. The highest BCUT2D eigenvalue weighted by atomic mass is 16.4. The molecule has 1 saturated heterocycles. The first kappa shape index (κ1) is 12.9. The highest BCUT2D eigenvalue weighted by molar-refractivity contribution is 6.03. The molecule has 0 aromatic heterocycles. The molecule has 1 fully saturated rings. The Morgan fingerprint density at radius 3 is 2.68 bits per heavy atom. The number of carboxylic acids is 1. The molecular weight excluding hydrogens is 250 g/mol. The minimum atomic E-state index is -1.15. The number of anilines is 2. The number of hydrogen-bond acceptors (Lipinski definition) is 3. The second kappa shape index (κ2) is 4.97. The van der Waals surface area contributed by atoms with E-state index in [4.69, 9.17) is 0 Å². The maximum Gasteiger partial charge on any atom is 0.337 e. The van der Waals surface area contributed by atoms with Gasteiger partial charge in [0.25, 0.3) is 0 Å². The zero-order valence-corrected chi connectivity index (χ0v) is 10.3. The van der Waals surface area contributed by atoms with Crippen molar-refractivity contribution in [3.8, 4) is 0 Å². The van der Waals surface area contributed by atoms with E-state index in [0.29, 0.717) is 24.5 Å². The molecule has 7 heteroatoms. The molecule has 2 rings (SSSR count). The van der Waals surface area contributed by atoms with Crippen molar-refractivity contribution in [1.82, 2.24) is 5.32 Å². The third kappa shape index (κ3) is 2.65. The summed E-state index contributed by atoms with van der Waals surface area (Å²) in [5.41, 5.74) is 0.674. The Bertz CT molecular complexity index is 556. The molecule has 1 aliphatic rings. The van der Waals surface area contributed by atoms with Gasteiger partial charge in [-0.3, -0.25) is 9.69 Å². The van der Waals surface area contributed by atoms with E-state index in [1.807, 2.05) is 0 Å². The van der Waals surface area contributed by atoms with E-state index in [9.17, 15) is 19.5 Å². The number of nitrogens with one attached hydrogen (secondary N) is 2. The fourth-order valence-electron chi connectivity index (χ4n) is 1.93. The molecule has 100 valence electrons. The normalized spacial score (nSPS) is 14.2. The van der Waals surface area contributed by atoms with Gasteiger partial charge >= 0.3 is 12.0 Å². The fraction of sp³-hybridized carbons (Fsp3) is 0.250. The van der Waals surface area contributed by atoms with Gasteiger partial charge in [-0.2, -0.15) is 0 Å². The Morgan fingerprint density at radius 1 is 1.42 bits per heavy atom. The van der Waals surface area contributed by atoms with Gasteiger partial charge in [0.05, 0.1) is 11.3 Å². The van der Waals surface area contributed by atoms with E-state index in [1.54, 1.807) is 6.07 Å². The molecule has 1 aromatic rings. The summed E-state index contributed by atoms with van der Waals surface area (Å²) in [4.78, 5) is 35.1. The number of amides is 3. The quantitative estimate of drug-likeness (QED) is 0.753. The zero-order chi connectivity index (χ0) is 14.0. The van der Waals surface area contributed by atoms with Crippen LogP contribution >= 0.6 is 0 Å². The number of hydrogen-bond donors (Lipinski definition) is 3. The molecule has 3 amide bonds. The Balaban J connectivity index is 2.40. The first-order chi connectivity index (χ1) is 8.99. The third-order valence-electron chi connectivity index (χ3n) is 2.69. The lowest BCUT2D eigenvalue weighted by atomic mass is 10.1. The number of carbonyl (C=O) groups excluding carboxylic acids is 2. The van der Waals surface area contributed by atoms with Gasteiger partial charge in [0.1, 0.15) is 0 Å². The fourth-order valence-corrected chi connectivity index (χ4v) is 1.93. The van der Waals surface area contributed by atoms with Crippen LogP contribution in [0, 0.1) is 0 Å². The summed E-state index contributed by atoms with van der Waals surface area (Å²) >= 11 is 0. The summed E-state index contributed by atoms with van der Waals surface area (Å²) in [6.07, 6.45) is 0. The summed E-state index contributed by atoms with van der Waals surface area (Å²) in [5.74, 6) is -1.44. The van der Waals surface area contributed by atoms with Crippen molar-refractivity contribution < 1.29 is 19.5 Å². The number of carbonyl (C=O) groups is 3. The largest absolute Gasteiger partial charge is 0.478 e. The number of rotatable bonds is 3. The maximum atomic E-state index is 11.6. The summed E-state index contributed by atoms with van der Waals surface area (Å²) in [6.45, 7) is 2.23. The molecule has 3 N–H and O–H groups in total. The average molecular weight is 263 g/mol. The van der Waals surface area contributed by atoms with Crippen molar-refractivity contribution >= 4 is 29.3 Å². The number of urea groups is 1. The SMILES string of the molecule is CC(=O)Nc1ccc(N2CCNC2=O)c(C(=O)O)c1. The van der Waals surface area contributed by atoms with Crippen LogP contribution in [0.1, 0.15) is 17.3 Å². The third-order valence-corrected chi connectivity index (χ3v) is 2.69. The van der Waals surface area contributed by atoms with Crippen molar-refractivity contribution in [2.45, 2.75) is 6.92 Å². The highest BCUT2D eigenvalue weighted by Crippen LogP contribution is 2.25. The predicted octanol–water partition coefficient (Wildman–Crippen LogP) is 0.873. The molecule has 0 bridgehead atoms. The van der Waals surface area contributed by atoms with Crippen LogP contribution in [0.5, 0.6) is 0 Å². The topological polar surface area (TPSA) is 98.7 Å². The second-order valence-corrected chi connectivity index (χ2v) is 4.10.